The number of hydrogen-bond acceptors (Lipinski definition) is 6. The van der Waals surface area contributed by atoms with Gasteiger partial charge in [0, 0.05) is 43.3 Å². The highest BCUT2D eigenvalue weighted by Crippen LogP contribution is 2.34. The molecule has 3 amide bonds. The highest BCUT2D eigenvalue weighted by molar-refractivity contribution is 7.93. The molecule has 0 saturated carbocycles. The second kappa shape index (κ2) is 12.1. The average Bonchev–Trinajstić information content (AvgIpc) is 2.98. The first-order valence-electron chi connectivity index (χ1n) is 13.6. The molecule has 5 rings (SSSR count). The third-order valence-corrected chi connectivity index (χ3v) is 9.20. The van der Waals surface area contributed by atoms with Crippen molar-refractivity contribution in [2.45, 2.75) is 30.7 Å². The van der Waals surface area contributed by atoms with Crippen LogP contribution in [-0.2, 0) is 19.5 Å². The normalized spacial score (nSPS) is 16.5. The quantitative estimate of drug-likeness (QED) is 0.470. The molecule has 212 valence electrons. The third kappa shape index (κ3) is 5.85. The van der Waals surface area contributed by atoms with Crippen LogP contribution in [0, 0.1) is 0 Å². The second-order valence-corrected chi connectivity index (χ2v) is 11.6. The van der Waals surface area contributed by atoms with E-state index in [0.717, 1.165) is 5.39 Å². The van der Waals surface area contributed by atoms with Gasteiger partial charge < -0.3 is 24.6 Å². The minimum Gasteiger partial charge on any atom is -0.450 e. The van der Waals surface area contributed by atoms with E-state index < -0.39 is 22.2 Å². The molecule has 0 atom stereocenters. The summed E-state index contributed by atoms with van der Waals surface area (Å²) in [5.41, 5.74) is 0.943. The first kappa shape index (κ1) is 27.7. The zero-order chi connectivity index (χ0) is 28.1. The number of carbonyl (C=O) groups excluding carboxylic acids is 2. The Hall–Kier alpha value is -3.83. The highest BCUT2D eigenvalue weighted by Gasteiger charge is 2.36. The second-order valence-electron chi connectivity index (χ2n) is 9.78. The molecule has 3 aromatic rings. The van der Waals surface area contributed by atoms with Crippen molar-refractivity contribution in [3.63, 3.8) is 0 Å². The van der Waals surface area contributed by atoms with Crippen molar-refractivity contribution in [3.8, 4) is 0 Å². The smallest absolute Gasteiger partial charge is 0.409 e. The number of ether oxygens (including phenoxy) is 2. The fraction of sp³-hybridized carbons (Fsp3) is 0.379. The summed E-state index contributed by atoms with van der Waals surface area (Å²) >= 11 is 0. The fourth-order valence-corrected chi connectivity index (χ4v) is 7.18. The number of benzene rings is 3. The predicted molar refractivity (Wildman–Crippen MR) is 153 cm³/mol. The van der Waals surface area contributed by atoms with E-state index in [-0.39, 0.29) is 17.5 Å². The van der Waals surface area contributed by atoms with Gasteiger partial charge in [0.15, 0.2) is 0 Å². The maximum absolute atomic E-state index is 14.5. The minimum absolute atomic E-state index is 0.209. The van der Waals surface area contributed by atoms with Crippen LogP contribution in [-0.4, -0.2) is 82.4 Å². The van der Waals surface area contributed by atoms with Crippen LogP contribution in [0.3, 0.4) is 0 Å². The zero-order valence-corrected chi connectivity index (χ0v) is 23.3. The zero-order valence-electron chi connectivity index (χ0n) is 22.5. The standard InChI is InChI=1S/C29H34N4O6S/c1-2-39-29(35)32-15-13-24(14-16-32)33(40(36,37)27-12-5-8-22-7-3-4-11-26(22)27)25-10-6-9-23(21-25)30-28(34)31-17-19-38-20-18-31/h3-12,21,24H,2,13-20H2,1H3,(H,30,34). The average molecular weight is 567 g/mol. The van der Waals surface area contributed by atoms with E-state index in [1.165, 1.54) is 4.31 Å². The first-order valence-corrected chi connectivity index (χ1v) is 15.0. The fourth-order valence-electron chi connectivity index (χ4n) is 5.26. The van der Waals surface area contributed by atoms with Gasteiger partial charge in [-0.15, -0.1) is 0 Å². The van der Waals surface area contributed by atoms with Crippen LogP contribution in [0.25, 0.3) is 10.8 Å². The lowest BCUT2D eigenvalue weighted by Gasteiger charge is -2.38. The van der Waals surface area contributed by atoms with E-state index in [0.29, 0.717) is 69.0 Å². The number of amides is 3. The Labute approximate surface area is 234 Å². The summed E-state index contributed by atoms with van der Waals surface area (Å²) in [6.07, 6.45) is 0.484. The summed E-state index contributed by atoms with van der Waals surface area (Å²) in [7, 11) is -4.04. The van der Waals surface area contributed by atoms with E-state index in [1.54, 1.807) is 53.1 Å². The van der Waals surface area contributed by atoms with Crippen LogP contribution in [0.4, 0.5) is 21.0 Å². The first-order chi connectivity index (χ1) is 19.4. The molecule has 0 spiro atoms. The molecule has 10 nitrogen and oxygen atoms in total. The van der Waals surface area contributed by atoms with Gasteiger partial charge in [-0.3, -0.25) is 4.31 Å². The van der Waals surface area contributed by atoms with Crippen LogP contribution in [0.1, 0.15) is 19.8 Å². The summed E-state index contributed by atoms with van der Waals surface area (Å²) in [6.45, 7) is 4.73. The van der Waals surface area contributed by atoms with Gasteiger partial charge in [0.05, 0.1) is 30.4 Å². The molecule has 2 aliphatic rings. The molecule has 2 saturated heterocycles. The van der Waals surface area contributed by atoms with Gasteiger partial charge in [0.2, 0.25) is 0 Å². The number of rotatable bonds is 6. The molecule has 2 aliphatic heterocycles. The third-order valence-electron chi connectivity index (χ3n) is 7.26. The van der Waals surface area contributed by atoms with Crippen LogP contribution in [0.2, 0.25) is 0 Å². The number of fused-ring (bicyclic) bond motifs is 1. The molecule has 0 unspecified atom stereocenters. The van der Waals surface area contributed by atoms with Gasteiger partial charge in [-0.05, 0) is 49.4 Å². The summed E-state index contributed by atoms with van der Waals surface area (Å²) in [5, 5.41) is 4.37. The molecule has 0 radical (unpaired) electrons. The van der Waals surface area contributed by atoms with Gasteiger partial charge in [-0.25, -0.2) is 18.0 Å². The minimum atomic E-state index is -4.04. The number of hydrogen-bond donors (Lipinski definition) is 1. The Bertz CT molecular complexity index is 1460. The number of piperidine rings is 1. The van der Waals surface area contributed by atoms with Crippen LogP contribution in [0.5, 0.6) is 0 Å². The van der Waals surface area contributed by atoms with Gasteiger partial charge in [0.1, 0.15) is 0 Å². The number of sulfonamides is 1. The summed E-state index contributed by atoms with van der Waals surface area (Å²) in [5.74, 6) is 0. The van der Waals surface area contributed by atoms with Crippen molar-refractivity contribution < 1.29 is 27.5 Å². The number of nitrogens with one attached hydrogen (secondary N) is 1. The van der Waals surface area contributed by atoms with E-state index in [1.807, 2.05) is 30.3 Å². The molecular weight excluding hydrogens is 532 g/mol. The molecule has 40 heavy (non-hydrogen) atoms. The largest absolute Gasteiger partial charge is 0.450 e. The molecule has 3 aromatic carbocycles. The van der Waals surface area contributed by atoms with Crippen molar-refractivity contribution in [2.75, 3.05) is 55.6 Å². The number of anilines is 2. The van der Waals surface area contributed by atoms with E-state index in [4.69, 9.17) is 9.47 Å². The molecule has 0 bridgehead atoms. The Kier molecular flexibility index (Phi) is 8.41. The van der Waals surface area contributed by atoms with Crippen LogP contribution < -0.4 is 9.62 Å². The van der Waals surface area contributed by atoms with Gasteiger partial charge >= 0.3 is 12.1 Å². The van der Waals surface area contributed by atoms with E-state index in [9.17, 15) is 18.0 Å². The van der Waals surface area contributed by atoms with Crippen molar-refractivity contribution in [1.82, 2.24) is 9.80 Å². The van der Waals surface area contributed by atoms with Crippen LogP contribution >= 0.6 is 0 Å². The van der Waals surface area contributed by atoms with Gasteiger partial charge in [-0.1, -0.05) is 42.5 Å². The maximum Gasteiger partial charge on any atom is 0.409 e. The number of morpholine rings is 1. The summed E-state index contributed by atoms with van der Waals surface area (Å²) < 4.78 is 40.9. The molecule has 0 aliphatic carbocycles. The molecule has 2 fully saturated rings. The Morgan fingerprint density at radius 2 is 1.65 bits per heavy atom. The lowest BCUT2D eigenvalue weighted by molar-refractivity contribution is 0.0564. The lowest BCUT2D eigenvalue weighted by Crippen LogP contribution is -2.49. The maximum atomic E-state index is 14.5. The molecular formula is C29H34N4O6S. The van der Waals surface area contributed by atoms with Crippen molar-refractivity contribution >= 4 is 44.3 Å². The Morgan fingerprint density at radius 3 is 2.40 bits per heavy atom. The van der Waals surface area contributed by atoms with Gasteiger partial charge in [0.25, 0.3) is 10.0 Å². The number of urea groups is 1. The lowest BCUT2D eigenvalue weighted by atomic mass is 10.0. The Balaban J connectivity index is 1.49. The van der Waals surface area contributed by atoms with Crippen molar-refractivity contribution in [3.05, 3.63) is 66.7 Å². The van der Waals surface area contributed by atoms with Crippen molar-refractivity contribution in [1.29, 1.82) is 0 Å². The van der Waals surface area contributed by atoms with Crippen LogP contribution in [0.15, 0.2) is 71.6 Å². The monoisotopic (exact) mass is 566 g/mol. The number of nitrogens with zero attached hydrogens (tertiary/aromatic N) is 3. The molecule has 0 aromatic heterocycles. The summed E-state index contributed by atoms with van der Waals surface area (Å²) in [4.78, 5) is 28.6. The topological polar surface area (TPSA) is 108 Å². The van der Waals surface area contributed by atoms with E-state index >= 15 is 0 Å². The SMILES string of the molecule is CCOC(=O)N1CCC(N(c2cccc(NC(=O)N3CCOCC3)c2)S(=O)(=O)c2cccc3ccccc23)CC1. The molecule has 2 heterocycles. The number of carbonyl (C=O) groups is 2. The number of likely N-dealkylation sites (tertiary alicyclic amines) is 1. The molecule has 11 heteroatoms. The van der Waals surface area contributed by atoms with Gasteiger partial charge in [-0.2, -0.15) is 0 Å². The highest BCUT2D eigenvalue weighted by atomic mass is 32.2. The van der Waals surface area contributed by atoms with E-state index in [2.05, 4.69) is 5.32 Å². The summed E-state index contributed by atoms with van der Waals surface area (Å²) in [6, 6.07) is 18.9. The molecule has 1 N–H and O–H groups in total. The Morgan fingerprint density at radius 1 is 0.950 bits per heavy atom. The van der Waals surface area contributed by atoms with Crippen molar-refractivity contribution in [2.24, 2.45) is 0 Å². The predicted octanol–water partition coefficient (Wildman–Crippen LogP) is 4.52.